The number of pyridine rings is 1. The van der Waals surface area contributed by atoms with Crippen molar-refractivity contribution in [1.82, 2.24) is 4.98 Å². The summed E-state index contributed by atoms with van der Waals surface area (Å²) in [5.74, 6) is 0.887. The Labute approximate surface area is 107 Å². The average Bonchev–Trinajstić information content (AvgIpc) is 2.54. The van der Waals surface area contributed by atoms with Gasteiger partial charge in [0.15, 0.2) is 5.58 Å². The molecule has 0 aliphatic carbocycles. The van der Waals surface area contributed by atoms with Crippen LogP contribution in [0.3, 0.4) is 0 Å². The Kier molecular flexibility index (Phi) is 3.52. The second-order valence-corrected chi connectivity index (χ2v) is 4.85. The van der Waals surface area contributed by atoms with Crippen molar-refractivity contribution < 1.29 is 4.42 Å². The molecule has 0 atom stereocenters. The number of hydrogen-bond acceptors (Lipinski definition) is 3. The van der Waals surface area contributed by atoms with Crippen LogP contribution >= 0.6 is 27.5 Å². The lowest BCUT2D eigenvalue weighted by atomic mass is 10.2. The van der Waals surface area contributed by atoms with Crippen LogP contribution < -0.4 is 5.73 Å². The van der Waals surface area contributed by atoms with Gasteiger partial charge in [0.25, 0.3) is 0 Å². The molecule has 86 valence electrons. The van der Waals surface area contributed by atoms with Gasteiger partial charge in [0.05, 0.1) is 4.47 Å². The number of furan rings is 1. The third kappa shape index (κ3) is 2.10. The topological polar surface area (TPSA) is 52.0 Å². The van der Waals surface area contributed by atoms with Gasteiger partial charge in [0.1, 0.15) is 16.4 Å². The predicted molar refractivity (Wildman–Crippen MR) is 68.8 cm³/mol. The van der Waals surface area contributed by atoms with Gasteiger partial charge >= 0.3 is 0 Å². The minimum absolute atomic E-state index is 0.483. The summed E-state index contributed by atoms with van der Waals surface area (Å²) in [6, 6.07) is 1.80. The van der Waals surface area contributed by atoms with Crippen LogP contribution in [0.25, 0.3) is 11.1 Å². The molecule has 2 aromatic rings. The van der Waals surface area contributed by atoms with Crippen LogP contribution in [0.1, 0.15) is 17.7 Å². The van der Waals surface area contributed by atoms with Crippen LogP contribution in [0.2, 0.25) is 5.15 Å². The second kappa shape index (κ2) is 4.73. The summed E-state index contributed by atoms with van der Waals surface area (Å²) < 4.78 is 6.65. The first-order valence-electron chi connectivity index (χ1n) is 5.07. The first kappa shape index (κ1) is 11.9. The smallest absolute Gasteiger partial charge is 0.156 e. The number of aryl methyl sites for hydroxylation is 2. The van der Waals surface area contributed by atoms with E-state index in [9.17, 15) is 0 Å². The molecule has 0 radical (unpaired) electrons. The zero-order valence-electron chi connectivity index (χ0n) is 8.89. The van der Waals surface area contributed by atoms with Crippen LogP contribution in [0.4, 0.5) is 0 Å². The van der Waals surface area contributed by atoms with Gasteiger partial charge < -0.3 is 10.2 Å². The Balaban J connectivity index is 2.54. The number of hydrogen-bond donors (Lipinski definition) is 1. The van der Waals surface area contributed by atoms with E-state index in [0.717, 1.165) is 39.7 Å². The Hall–Kier alpha value is -0.580. The molecule has 2 rings (SSSR count). The van der Waals surface area contributed by atoms with Gasteiger partial charge in [0, 0.05) is 6.42 Å². The van der Waals surface area contributed by atoms with Crippen LogP contribution in [-0.4, -0.2) is 11.5 Å². The summed E-state index contributed by atoms with van der Waals surface area (Å²) >= 11 is 9.41. The van der Waals surface area contributed by atoms with E-state index >= 15 is 0 Å². The van der Waals surface area contributed by atoms with E-state index in [-0.39, 0.29) is 0 Å². The fourth-order valence-corrected chi connectivity index (χ4v) is 2.42. The number of nitrogens with zero attached hydrogens (tertiary/aromatic N) is 1. The Morgan fingerprint density at radius 1 is 1.56 bits per heavy atom. The fraction of sp³-hybridized carbons (Fsp3) is 0.364. The summed E-state index contributed by atoms with van der Waals surface area (Å²) in [6.45, 7) is 2.61. The lowest BCUT2D eigenvalue weighted by molar-refractivity contribution is 0.535. The van der Waals surface area contributed by atoms with E-state index in [2.05, 4.69) is 20.9 Å². The summed E-state index contributed by atoms with van der Waals surface area (Å²) in [4.78, 5) is 4.26. The van der Waals surface area contributed by atoms with Gasteiger partial charge in [-0.3, -0.25) is 0 Å². The molecule has 0 bridgehead atoms. The molecular formula is C11H12BrClN2O. The predicted octanol–water partition coefficient (Wildman–Crippen LogP) is 3.44. The standard InChI is InChI=1S/C11H12BrClN2O/c1-6-5-8(13)15-10-9(12)7(3-2-4-14)16-11(6)10/h5H,2-4,14H2,1H3. The van der Waals surface area contributed by atoms with Gasteiger partial charge in [-0.2, -0.15) is 0 Å². The largest absolute Gasteiger partial charge is 0.458 e. The van der Waals surface area contributed by atoms with Crippen LogP contribution in [0, 0.1) is 6.92 Å². The molecule has 2 N–H and O–H groups in total. The van der Waals surface area contributed by atoms with Crippen molar-refractivity contribution in [3.05, 3.63) is 27.0 Å². The zero-order chi connectivity index (χ0) is 11.7. The van der Waals surface area contributed by atoms with Gasteiger partial charge in [-0.1, -0.05) is 11.6 Å². The normalized spacial score (nSPS) is 11.2. The monoisotopic (exact) mass is 302 g/mol. The van der Waals surface area contributed by atoms with E-state index in [0.29, 0.717) is 11.7 Å². The fourth-order valence-electron chi connectivity index (χ4n) is 1.62. The minimum Gasteiger partial charge on any atom is -0.458 e. The average molecular weight is 304 g/mol. The minimum atomic E-state index is 0.483. The van der Waals surface area contributed by atoms with Crippen molar-refractivity contribution >= 4 is 38.6 Å². The van der Waals surface area contributed by atoms with Gasteiger partial charge in [-0.25, -0.2) is 4.98 Å². The number of fused-ring (bicyclic) bond motifs is 1. The Bertz CT molecular complexity index is 524. The summed E-state index contributed by atoms with van der Waals surface area (Å²) in [5, 5.41) is 0.483. The lowest BCUT2D eigenvalue weighted by Gasteiger charge is -1.94. The molecule has 5 heteroatoms. The molecule has 0 spiro atoms. The maximum absolute atomic E-state index is 5.92. The molecule has 0 aromatic carbocycles. The van der Waals surface area contributed by atoms with Gasteiger partial charge in [-0.15, -0.1) is 0 Å². The summed E-state index contributed by atoms with van der Waals surface area (Å²) in [6.07, 6.45) is 1.70. The summed E-state index contributed by atoms with van der Waals surface area (Å²) in [5.41, 5.74) is 8.06. The third-order valence-corrected chi connectivity index (χ3v) is 3.42. The maximum atomic E-state index is 5.92. The molecule has 16 heavy (non-hydrogen) atoms. The van der Waals surface area contributed by atoms with E-state index in [1.807, 2.05) is 6.92 Å². The van der Waals surface area contributed by atoms with Gasteiger partial charge in [-0.05, 0) is 47.4 Å². The Morgan fingerprint density at radius 3 is 3.00 bits per heavy atom. The molecule has 3 nitrogen and oxygen atoms in total. The number of halogens is 2. The number of aromatic nitrogens is 1. The SMILES string of the molecule is Cc1cc(Cl)nc2c(Br)c(CCCN)oc12. The highest BCUT2D eigenvalue weighted by Gasteiger charge is 2.15. The zero-order valence-corrected chi connectivity index (χ0v) is 11.2. The first-order chi connectivity index (χ1) is 7.63. The maximum Gasteiger partial charge on any atom is 0.156 e. The summed E-state index contributed by atoms with van der Waals surface area (Å²) in [7, 11) is 0. The molecule has 0 saturated heterocycles. The van der Waals surface area contributed by atoms with Crippen LogP contribution in [-0.2, 0) is 6.42 Å². The quantitative estimate of drug-likeness (QED) is 0.884. The van der Waals surface area contributed by atoms with E-state index in [4.69, 9.17) is 21.8 Å². The van der Waals surface area contributed by atoms with Crippen molar-refractivity contribution in [3.8, 4) is 0 Å². The molecular weight excluding hydrogens is 291 g/mol. The molecule has 0 saturated carbocycles. The van der Waals surface area contributed by atoms with Crippen LogP contribution in [0.5, 0.6) is 0 Å². The molecule has 0 fully saturated rings. The first-order valence-corrected chi connectivity index (χ1v) is 6.24. The molecule has 0 aliphatic rings. The van der Waals surface area contributed by atoms with Crippen LogP contribution in [0.15, 0.2) is 15.0 Å². The van der Waals surface area contributed by atoms with Gasteiger partial charge in [0.2, 0.25) is 0 Å². The van der Waals surface area contributed by atoms with E-state index < -0.39 is 0 Å². The highest BCUT2D eigenvalue weighted by atomic mass is 79.9. The van der Waals surface area contributed by atoms with Crippen molar-refractivity contribution in [2.75, 3.05) is 6.54 Å². The second-order valence-electron chi connectivity index (χ2n) is 3.67. The van der Waals surface area contributed by atoms with Crippen molar-refractivity contribution in [1.29, 1.82) is 0 Å². The molecule has 0 amide bonds. The lowest BCUT2D eigenvalue weighted by Crippen LogP contribution is -1.99. The number of nitrogens with two attached hydrogens (primary N) is 1. The van der Waals surface area contributed by atoms with E-state index in [1.165, 1.54) is 0 Å². The third-order valence-electron chi connectivity index (χ3n) is 2.41. The van der Waals surface area contributed by atoms with Crippen molar-refractivity contribution in [2.24, 2.45) is 5.73 Å². The van der Waals surface area contributed by atoms with Crippen molar-refractivity contribution in [2.45, 2.75) is 19.8 Å². The molecule has 2 heterocycles. The van der Waals surface area contributed by atoms with Crippen molar-refractivity contribution in [3.63, 3.8) is 0 Å². The molecule has 0 unspecified atom stereocenters. The molecule has 2 aromatic heterocycles. The highest BCUT2D eigenvalue weighted by molar-refractivity contribution is 9.10. The van der Waals surface area contributed by atoms with E-state index in [1.54, 1.807) is 6.07 Å². The number of rotatable bonds is 3. The Morgan fingerprint density at radius 2 is 2.31 bits per heavy atom. The highest BCUT2D eigenvalue weighted by Crippen LogP contribution is 2.33. The molecule has 0 aliphatic heterocycles.